The first-order chi connectivity index (χ1) is 5.02. The van der Waals surface area contributed by atoms with E-state index >= 15 is 0 Å². The summed E-state index contributed by atoms with van der Waals surface area (Å²) in [4.78, 5) is 19.7. The van der Waals surface area contributed by atoms with Crippen LogP contribution < -0.4 is 34.7 Å². The van der Waals surface area contributed by atoms with Gasteiger partial charge in [0.2, 0.25) is 0 Å². The van der Waals surface area contributed by atoms with Gasteiger partial charge in [-0.2, -0.15) is 0 Å². The van der Waals surface area contributed by atoms with E-state index in [4.69, 9.17) is 0 Å². The molecular weight excluding hydrogens is 184 g/mol. The topological polar surface area (TPSA) is 66.4 Å². The zero-order valence-corrected chi connectivity index (χ0v) is 8.12. The Morgan fingerprint density at radius 3 is 2.17 bits per heavy atom. The van der Waals surface area contributed by atoms with Crippen LogP contribution in [0.4, 0.5) is 8.63 Å². The summed E-state index contributed by atoms with van der Waals surface area (Å²) in [6, 6.07) is 0. The number of rotatable bonds is 3. The van der Waals surface area contributed by atoms with E-state index in [9.17, 15) is 23.3 Å². The molecule has 0 saturated heterocycles. The fraction of sp³-hybridized carbons (Fsp3) is 0. The molecule has 0 atom stereocenters. The molecule has 0 rings (SSSR count). The average Bonchev–Trinajstić information content (AvgIpc) is 1.82. The van der Waals surface area contributed by atoms with Gasteiger partial charge < -0.3 is 14.6 Å². The molecule has 0 aromatic rings. The minimum Gasteiger partial charge on any atom is -0.545 e. The third-order valence-corrected chi connectivity index (χ3v) is 0.561. The molecule has 0 fully saturated rings. The van der Waals surface area contributed by atoms with Crippen molar-refractivity contribution in [3.63, 3.8) is 0 Å². The molecule has 0 radical (unpaired) electrons. The summed E-state index contributed by atoms with van der Waals surface area (Å²) in [5, 5.41) is 9.60. The molecule has 0 aromatic carbocycles. The van der Waals surface area contributed by atoms with Crippen LogP contribution >= 0.6 is 0 Å². The Bertz CT molecular complexity index is 195. The Labute approximate surface area is 89.1 Å². The van der Waals surface area contributed by atoms with Gasteiger partial charge in [0.15, 0.2) is 0 Å². The SMILES string of the molecule is O=C([O-])C=CC(=O)OB(F)F.[Na+]. The van der Waals surface area contributed by atoms with Crippen molar-refractivity contribution in [2.24, 2.45) is 0 Å². The van der Waals surface area contributed by atoms with Crippen LogP contribution in [0.15, 0.2) is 12.2 Å². The molecule has 8 heteroatoms. The van der Waals surface area contributed by atoms with E-state index in [1.807, 2.05) is 0 Å². The molecule has 0 spiro atoms. The Morgan fingerprint density at radius 1 is 1.33 bits per heavy atom. The molecule has 0 bridgehead atoms. The van der Waals surface area contributed by atoms with Crippen molar-refractivity contribution in [1.29, 1.82) is 0 Å². The maximum atomic E-state index is 11.2. The third-order valence-electron chi connectivity index (χ3n) is 0.561. The summed E-state index contributed by atoms with van der Waals surface area (Å²) >= 11 is 0. The van der Waals surface area contributed by atoms with Gasteiger partial charge in [-0.15, -0.1) is 0 Å². The summed E-state index contributed by atoms with van der Waals surface area (Å²) in [5.74, 6) is -3.08. The van der Waals surface area contributed by atoms with Gasteiger partial charge in [-0.25, -0.2) is 13.4 Å². The van der Waals surface area contributed by atoms with Gasteiger partial charge >= 0.3 is 43.0 Å². The number of hydrogen-bond donors (Lipinski definition) is 0. The molecule has 0 aliphatic rings. The number of carboxylic acid groups (broad SMARTS) is 1. The van der Waals surface area contributed by atoms with Gasteiger partial charge in [0.25, 0.3) is 0 Å². The monoisotopic (exact) mass is 186 g/mol. The minimum absolute atomic E-state index is 0. The van der Waals surface area contributed by atoms with E-state index in [0.29, 0.717) is 12.2 Å². The van der Waals surface area contributed by atoms with E-state index in [1.54, 1.807) is 0 Å². The molecule has 0 aliphatic heterocycles. The number of hydrogen-bond acceptors (Lipinski definition) is 4. The van der Waals surface area contributed by atoms with E-state index in [1.165, 1.54) is 0 Å². The van der Waals surface area contributed by atoms with Crippen LogP contribution in [-0.2, 0) is 14.2 Å². The number of carbonyl (C=O) groups excluding carboxylic acids is 2. The Hall–Kier alpha value is -0.395. The number of halogens is 2. The Balaban J connectivity index is 0. The summed E-state index contributed by atoms with van der Waals surface area (Å²) in [6.07, 6.45) is 0.631. The zero-order valence-electron chi connectivity index (χ0n) is 6.12. The predicted molar refractivity (Wildman–Crippen MR) is 28.2 cm³/mol. The first kappa shape index (κ1) is 14.1. The summed E-state index contributed by atoms with van der Waals surface area (Å²) < 4.78 is 25.6. The number of aliphatic carboxylic acids is 1. The van der Waals surface area contributed by atoms with Crippen LogP contribution in [0.3, 0.4) is 0 Å². The molecular formula is C4H2BF2NaO4. The van der Waals surface area contributed by atoms with Gasteiger partial charge in [-0.05, 0) is 6.08 Å². The second-order valence-corrected chi connectivity index (χ2v) is 1.35. The van der Waals surface area contributed by atoms with Gasteiger partial charge in [0, 0.05) is 6.08 Å². The Morgan fingerprint density at radius 2 is 1.83 bits per heavy atom. The summed E-state index contributed by atoms with van der Waals surface area (Å²) in [6.45, 7) is 0. The van der Waals surface area contributed by atoms with E-state index < -0.39 is 19.4 Å². The van der Waals surface area contributed by atoms with Crippen molar-refractivity contribution in [2.45, 2.75) is 0 Å². The quantitative estimate of drug-likeness (QED) is 0.330. The minimum atomic E-state index is -3.24. The molecule has 0 amide bonds. The largest absolute Gasteiger partial charge is 1.00 e. The van der Waals surface area contributed by atoms with Crippen molar-refractivity contribution in [1.82, 2.24) is 0 Å². The number of carbonyl (C=O) groups is 2. The maximum absolute atomic E-state index is 11.2. The maximum Gasteiger partial charge on any atom is 1.00 e. The van der Waals surface area contributed by atoms with Crippen molar-refractivity contribution in [3.05, 3.63) is 12.2 Å². The van der Waals surface area contributed by atoms with Gasteiger partial charge in [0.05, 0.1) is 5.97 Å². The smallest absolute Gasteiger partial charge is 0.545 e. The van der Waals surface area contributed by atoms with Crippen molar-refractivity contribution in [2.75, 3.05) is 0 Å². The van der Waals surface area contributed by atoms with Crippen LogP contribution in [-0.4, -0.2) is 19.4 Å². The van der Waals surface area contributed by atoms with Crippen LogP contribution in [0, 0.1) is 0 Å². The van der Waals surface area contributed by atoms with Crippen LogP contribution in [0.1, 0.15) is 0 Å². The second kappa shape index (κ2) is 7.26. The summed E-state index contributed by atoms with van der Waals surface area (Å²) in [7, 11) is -3.24. The fourth-order valence-electron chi connectivity index (χ4n) is 0.263. The molecule has 0 aliphatic carbocycles. The first-order valence-electron chi connectivity index (χ1n) is 2.40. The second-order valence-electron chi connectivity index (χ2n) is 1.35. The average molecular weight is 186 g/mol. The Kier molecular flexibility index (Phi) is 8.56. The third kappa shape index (κ3) is 9.60. The molecule has 60 valence electrons. The normalized spacial score (nSPS) is 8.83. The predicted octanol–water partition coefficient (Wildman–Crippen LogP) is -4.24. The van der Waals surface area contributed by atoms with Crippen molar-refractivity contribution in [3.8, 4) is 0 Å². The molecule has 4 nitrogen and oxygen atoms in total. The van der Waals surface area contributed by atoms with Crippen LogP contribution in [0.2, 0.25) is 0 Å². The molecule has 12 heavy (non-hydrogen) atoms. The zero-order chi connectivity index (χ0) is 8.85. The van der Waals surface area contributed by atoms with E-state index in [-0.39, 0.29) is 29.6 Å². The van der Waals surface area contributed by atoms with Crippen molar-refractivity contribution < 1.29 is 57.5 Å². The first-order valence-corrected chi connectivity index (χ1v) is 2.40. The van der Waals surface area contributed by atoms with Crippen LogP contribution in [0.5, 0.6) is 0 Å². The molecule has 0 N–H and O–H groups in total. The molecule has 0 aromatic heterocycles. The molecule has 0 saturated carbocycles. The van der Waals surface area contributed by atoms with Crippen LogP contribution in [0.25, 0.3) is 0 Å². The van der Waals surface area contributed by atoms with Crippen molar-refractivity contribution >= 4 is 19.4 Å². The standard InChI is InChI=1S/C4H3BF2O4.Na/c6-5(7)11-4(10)2-1-3(8)9;/h1-2H,(H,8,9);/q;+1/p-1. The fourth-order valence-corrected chi connectivity index (χ4v) is 0.263. The summed E-state index contributed by atoms with van der Waals surface area (Å²) in [5.41, 5.74) is 0. The van der Waals surface area contributed by atoms with E-state index in [2.05, 4.69) is 4.65 Å². The van der Waals surface area contributed by atoms with Gasteiger partial charge in [-0.3, -0.25) is 0 Å². The number of carboxylic acids is 1. The van der Waals surface area contributed by atoms with Gasteiger partial charge in [-0.1, -0.05) is 0 Å². The van der Waals surface area contributed by atoms with Gasteiger partial charge in [0.1, 0.15) is 0 Å². The van der Waals surface area contributed by atoms with E-state index in [0.717, 1.165) is 0 Å². The molecule has 0 heterocycles. The molecule has 0 unspecified atom stereocenters.